The quantitative estimate of drug-likeness (QED) is 0.793. The Labute approximate surface area is 90.5 Å². The molecule has 0 amide bonds. The molecule has 2 heteroatoms. The summed E-state index contributed by atoms with van der Waals surface area (Å²) in [4.78, 5) is 0. The molecule has 0 heterocycles. The van der Waals surface area contributed by atoms with Crippen molar-refractivity contribution in [3.05, 3.63) is 35.1 Å². The molecule has 15 heavy (non-hydrogen) atoms. The van der Waals surface area contributed by atoms with Crippen molar-refractivity contribution in [1.29, 1.82) is 0 Å². The van der Waals surface area contributed by atoms with Crippen molar-refractivity contribution in [3.8, 4) is 0 Å². The Kier molecular flexibility index (Phi) is 2.55. The highest BCUT2D eigenvalue weighted by molar-refractivity contribution is 5.36. The van der Waals surface area contributed by atoms with E-state index in [1.54, 1.807) is 12.1 Å². The SMILES string of the molecule is CC(C)(CN)C1CCc2cc(F)ccc21. The maximum absolute atomic E-state index is 13.0. The summed E-state index contributed by atoms with van der Waals surface area (Å²) in [6, 6.07) is 5.16. The minimum atomic E-state index is -0.125. The number of nitrogens with two attached hydrogens (primary N) is 1. The number of halogens is 1. The zero-order chi connectivity index (χ0) is 11.1. The van der Waals surface area contributed by atoms with E-state index in [0.717, 1.165) is 12.8 Å². The van der Waals surface area contributed by atoms with Gasteiger partial charge in [-0.05, 0) is 54.0 Å². The molecule has 0 saturated carbocycles. The number of rotatable bonds is 2. The van der Waals surface area contributed by atoms with Gasteiger partial charge in [-0.1, -0.05) is 19.9 Å². The van der Waals surface area contributed by atoms with E-state index in [0.29, 0.717) is 12.5 Å². The molecule has 0 saturated heterocycles. The molecule has 82 valence electrons. The molecular formula is C13H18FN. The molecule has 0 fully saturated rings. The lowest BCUT2D eigenvalue weighted by Crippen LogP contribution is -2.29. The molecule has 2 rings (SSSR count). The van der Waals surface area contributed by atoms with Crippen LogP contribution in [0.25, 0.3) is 0 Å². The molecule has 0 aliphatic heterocycles. The minimum absolute atomic E-state index is 0.114. The maximum Gasteiger partial charge on any atom is 0.123 e. The Morgan fingerprint density at radius 2 is 2.20 bits per heavy atom. The Bertz CT molecular complexity index is 371. The van der Waals surface area contributed by atoms with E-state index in [1.165, 1.54) is 11.1 Å². The zero-order valence-electron chi connectivity index (χ0n) is 9.39. The predicted molar refractivity (Wildman–Crippen MR) is 60.3 cm³/mol. The van der Waals surface area contributed by atoms with Gasteiger partial charge in [-0.25, -0.2) is 4.39 Å². The standard InChI is InChI=1S/C13H18FN/c1-13(2,8-15)12-6-3-9-7-10(14)4-5-11(9)12/h4-5,7,12H,3,6,8,15H2,1-2H3. The summed E-state index contributed by atoms with van der Waals surface area (Å²) in [5.41, 5.74) is 8.38. The monoisotopic (exact) mass is 207 g/mol. The molecule has 1 nitrogen and oxygen atoms in total. The van der Waals surface area contributed by atoms with E-state index in [9.17, 15) is 4.39 Å². The van der Waals surface area contributed by atoms with Crippen molar-refractivity contribution < 1.29 is 4.39 Å². The number of aryl methyl sites for hydroxylation is 1. The molecule has 1 aliphatic rings. The lowest BCUT2D eigenvalue weighted by molar-refractivity contribution is 0.294. The van der Waals surface area contributed by atoms with Crippen LogP contribution in [-0.4, -0.2) is 6.54 Å². The van der Waals surface area contributed by atoms with E-state index in [4.69, 9.17) is 5.73 Å². The topological polar surface area (TPSA) is 26.0 Å². The average Bonchev–Trinajstić information content (AvgIpc) is 2.61. The van der Waals surface area contributed by atoms with Gasteiger partial charge >= 0.3 is 0 Å². The predicted octanol–water partition coefficient (Wildman–Crippen LogP) is 2.84. The van der Waals surface area contributed by atoms with Gasteiger partial charge in [0.25, 0.3) is 0 Å². The minimum Gasteiger partial charge on any atom is -0.330 e. The van der Waals surface area contributed by atoms with Crippen molar-refractivity contribution in [2.24, 2.45) is 11.1 Å². The van der Waals surface area contributed by atoms with Crippen LogP contribution in [0.1, 0.15) is 37.3 Å². The van der Waals surface area contributed by atoms with Crippen LogP contribution in [0, 0.1) is 11.2 Å². The third-order valence-electron chi connectivity index (χ3n) is 3.65. The number of benzene rings is 1. The number of hydrogen-bond donors (Lipinski definition) is 1. The van der Waals surface area contributed by atoms with Gasteiger partial charge in [0.1, 0.15) is 5.82 Å². The Morgan fingerprint density at radius 1 is 1.47 bits per heavy atom. The molecule has 1 unspecified atom stereocenters. The van der Waals surface area contributed by atoms with Crippen LogP contribution in [-0.2, 0) is 6.42 Å². The Hall–Kier alpha value is -0.890. The summed E-state index contributed by atoms with van der Waals surface area (Å²) in [5, 5.41) is 0. The normalized spacial score (nSPS) is 20.4. The fourth-order valence-electron chi connectivity index (χ4n) is 2.54. The van der Waals surface area contributed by atoms with E-state index in [-0.39, 0.29) is 11.2 Å². The lowest BCUT2D eigenvalue weighted by Gasteiger charge is -2.30. The van der Waals surface area contributed by atoms with Gasteiger partial charge < -0.3 is 5.73 Å². The van der Waals surface area contributed by atoms with E-state index in [2.05, 4.69) is 13.8 Å². The first kappa shape index (κ1) is 10.6. The molecule has 1 aromatic carbocycles. The van der Waals surface area contributed by atoms with Crippen LogP contribution < -0.4 is 5.73 Å². The highest BCUT2D eigenvalue weighted by atomic mass is 19.1. The van der Waals surface area contributed by atoms with Gasteiger partial charge in [-0.15, -0.1) is 0 Å². The molecule has 1 atom stereocenters. The van der Waals surface area contributed by atoms with E-state index < -0.39 is 0 Å². The summed E-state index contributed by atoms with van der Waals surface area (Å²) in [5.74, 6) is 0.359. The van der Waals surface area contributed by atoms with Crippen molar-refractivity contribution in [3.63, 3.8) is 0 Å². The van der Waals surface area contributed by atoms with Crippen LogP contribution in [0.2, 0.25) is 0 Å². The van der Waals surface area contributed by atoms with Gasteiger partial charge in [-0.3, -0.25) is 0 Å². The third-order valence-corrected chi connectivity index (χ3v) is 3.65. The summed E-state index contributed by atoms with van der Waals surface area (Å²) < 4.78 is 13.0. The highest BCUT2D eigenvalue weighted by Gasteiger charge is 2.34. The number of fused-ring (bicyclic) bond motifs is 1. The Morgan fingerprint density at radius 3 is 2.87 bits per heavy atom. The fourth-order valence-corrected chi connectivity index (χ4v) is 2.54. The van der Waals surface area contributed by atoms with Gasteiger partial charge in [0.2, 0.25) is 0 Å². The summed E-state index contributed by atoms with van der Waals surface area (Å²) in [6.07, 6.45) is 2.09. The number of hydrogen-bond acceptors (Lipinski definition) is 1. The summed E-state index contributed by atoms with van der Waals surface area (Å²) in [6.45, 7) is 5.06. The maximum atomic E-state index is 13.0. The molecule has 0 radical (unpaired) electrons. The molecule has 0 bridgehead atoms. The van der Waals surface area contributed by atoms with Crippen molar-refractivity contribution in [2.45, 2.75) is 32.6 Å². The van der Waals surface area contributed by atoms with Gasteiger partial charge in [0.15, 0.2) is 0 Å². The van der Waals surface area contributed by atoms with Crippen LogP contribution in [0.3, 0.4) is 0 Å². The van der Waals surface area contributed by atoms with Gasteiger partial charge in [-0.2, -0.15) is 0 Å². The van der Waals surface area contributed by atoms with Crippen molar-refractivity contribution >= 4 is 0 Å². The highest BCUT2D eigenvalue weighted by Crippen LogP contribution is 2.44. The second-order valence-electron chi connectivity index (χ2n) is 5.13. The van der Waals surface area contributed by atoms with Crippen LogP contribution in [0.4, 0.5) is 4.39 Å². The zero-order valence-corrected chi connectivity index (χ0v) is 9.39. The second kappa shape index (κ2) is 3.60. The van der Waals surface area contributed by atoms with E-state index >= 15 is 0 Å². The fraction of sp³-hybridized carbons (Fsp3) is 0.538. The lowest BCUT2D eigenvalue weighted by atomic mass is 9.76. The molecule has 0 aromatic heterocycles. The first-order valence-corrected chi connectivity index (χ1v) is 5.53. The molecule has 1 aromatic rings. The third kappa shape index (κ3) is 1.78. The summed E-state index contributed by atoms with van der Waals surface area (Å²) in [7, 11) is 0. The molecule has 1 aliphatic carbocycles. The molecular weight excluding hydrogens is 189 g/mol. The average molecular weight is 207 g/mol. The first-order chi connectivity index (χ1) is 7.04. The first-order valence-electron chi connectivity index (χ1n) is 5.53. The second-order valence-corrected chi connectivity index (χ2v) is 5.13. The smallest absolute Gasteiger partial charge is 0.123 e. The van der Waals surface area contributed by atoms with Gasteiger partial charge in [0, 0.05) is 0 Å². The van der Waals surface area contributed by atoms with Crippen LogP contribution >= 0.6 is 0 Å². The van der Waals surface area contributed by atoms with Crippen molar-refractivity contribution in [2.75, 3.05) is 6.54 Å². The van der Waals surface area contributed by atoms with E-state index in [1.807, 2.05) is 6.07 Å². The van der Waals surface area contributed by atoms with Crippen LogP contribution in [0.5, 0.6) is 0 Å². The Balaban J connectivity index is 2.37. The molecule has 2 N–H and O–H groups in total. The summed E-state index contributed by atoms with van der Waals surface area (Å²) >= 11 is 0. The largest absolute Gasteiger partial charge is 0.330 e. The van der Waals surface area contributed by atoms with Crippen LogP contribution in [0.15, 0.2) is 18.2 Å². The molecule has 0 spiro atoms. The van der Waals surface area contributed by atoms with Crippen molar-refractivity contribution in [1.82, 2.24) is 0 Å². The van der Waals surface area contributed by atoms with Gasteiger partial charge in [0.05, 0.1) is 0 Å².